The number of carbonyl (C=O) groups excluding carboxylic acids is 1. The van der Waals surface area contributed by atoms with Crippen molar-refractivity contribution in [3.8, 4) is 0 Å². The van der Waals surface area contributed by atoms with Gasteiger partial charge in [-0.05, 0) is 26.7 Å². The highest BCUT2D eigenvalue weighted by Crippen LogP contribution is 2.12. The van der Waals surface area contributed by atoms with E-state index in [1.807, 2.05) is 24.7 Å². The largest absolute Gasteiger partial charge is 0.466 e. The molecule has 0 aliphatic carbocycles. The van der Waals surface area contributed by atoms with Crippen LogP contribution in [0.5, 0.6) is 0 Å². The lowest BCUT2D eigenvalue weighted by molar-refractivity contribution is -0.143. The monoisotopic (exact) mass is 258 g/mol. The highest BCUT2D eigenvalue weighted by molar-refractivity contribution is 6.31. The van der Waals surface area contributed by atoms with Crippen molar-refractivity contribution in [2.24, 2.45) is 0 Å². The SMILES string of the molecule is CCOC(=O)CCCCCn1cc(Cl)c(C)n1. The number of aromatic nitrogens is 2. The molecule has 1 aromatic rings. The van der Waals surface area contributed by atoms with E-state index in [2.05, 4.69) is 5.10 Å². The first kappa shape index (κ1) is 14.0. The number of halogens is 1. The van der Waals surface area contributed by atoms with Crippen molar-refractivity contribution in [2.75, 3.05) is 6.61 Å². The lowest BCUT2D eigenvalue weighted by Crippen LogP contribution is -2.04. The van der Waals surface area contributed by atoms with Crippen LogP contribution in [0, 0.1) is 6.92 Å². The summed E-state index contributed by atoms with van der Waals surface area (Å²) in [5.74, 6) is -0.106. The summed E-state index contributed by atoms with van der Waals surface area (Å²) >= 11 is 5.90. The van der Waals surface area contributed by atoms with Crippen LogP contribution < -0.4 is 0 Å². The van der Waals surface area contributed by atoms with Gasteiger partial charge in [-0.2, -0.15) is 5.10 Å². The maximum atomic E-state index is 11.1. The molecule has 0 saturated carbocycles. The second-order valence-corrected chi connectivity index (χ2v) is 4.35. The Hall–Kier alpha value is -1.03. The standard InChI is InChI=1S/C12H19ClN2O2/c1-3-17-12(16)7-5-4-6-8-15-9-11(13)10(2)14-15/h9H,3-8H2,1-2H3. The highest BCUT2D eigenvalue weighted by Gasteiger charge is 2.03. The lowest BCUT2D eigenvalue weighted by Gasteiger charge is -2.02. The van der Waals surface area contributed by atoms with E-state index < -0.39 is 0 Å². The Morgan fingerprint density at radius 1 is 1.47 bits per heavy atom. The first-order valence-corrected chi connectivity index (χ1v) is 6.36. The van der Waals surface area contributed by atoms with E-state index >= 15 is 0 Å². The van der Waals surface area contributed by atoms with Crippen molar-refractivity contribution in [1.82, 2.24) is 9.78 Å². The Balaban J connectivity index is 2.10. The summed E-state index contributed by atoms with van der Waals surface area (Å²) in [7, 11) is 0. The van der Waals surface area contributed by atoms with Crippen LogP contribution in [0.25, 0.3) is 0 Å². The average molecular weight is 259 g/mol. The van der Waals surface area contributed by atoms with Crippen LogP contribution in [0.4, 0.5) is 0 Å². The summed E-state index contributed by atoms with van der Waals surface area (Å²) in [4.78, 5) is 11.1. The third kappa shape index (κ3) is 5.22. The number of hydrogen-bond donors (Lipinski definition) is 0. The zero-order valence-electron chi connectivity index (χ0n) is 10.4. The summed E-state index contributed by atoms with van der Waals surface area (Å²) in [6.07, 6.45) is 5.20. The molecule has 0 saturated heterocycles. The minimum Gasteiger partial charge on any atom is -0.466 e. The van der Waals surface area contributed by atoms with Crippen molar-refractivity contribution in [3.63, 3.8) is 0 Å². The van der Waals surface area contributed by atoms with Crippen molar-refractivity contribution in [1.29, 1.82) is 0 Å². The fourth-order valence-electron chi connectivity index (χ4n) is 1.56. The maximum Gasteiger partial charge on any atom is 0.305 e. The van der Waals surface area contributed by atoms with Gasteiger partial charge in [0.1, 0.15) is 0 Å². The zero-order chi connectivity index (χ0) is 12.7. The van der Waals surface area contributed by atoms with Gasteiger partial charge in [0.25, 0.3) is 0 Å². The molecular formula is C12H19ClN2O2. The van der Waals surface area contributed by atoms with Gasteiger partial charge in [0.05, 0.1) is 17.3 Å². The summed E-state index contributed by atoms with van der Waals surface area (Å²) in [5.41, 5.74) is 0.859. The van der Waals surface area contributed by atoms with E-state index in [1.165, 1.54) is 0 Å². The number of hydrogen-bond acceptors (Lipinski definition) is 3. The third-order valence-electron chi connectivity index (χ3n) is 2.46. The fourth-order valence-corrected chi connectivity index (χ4v) is 1.71. The molecule has 1 rings (SSSR count). The summed E-state index contributed by atoms with van der Waals surface area (Å²) in [6.45, 7) is 5.02. The minimum absolute atomic E-state index is 0.106. The van der Waals surface area contributed by atoms with Gasteiger partial charge in [-0.3, -0.25) is 9.48 Å². The number of aryl methyl sites for hydroxylation is 2. The Kier molecular flexibility index (Phi) is 6.05. The van der Waals surface area contributed by atoms with Crippen molar-refractivity contribution >= 4 is 17.6 Å². The predicted octanol–water partition coefficient (Wildman–Crippen LogP) is 2.97. The Morgan fingerprint density at radius 3 is 2.82 bits per heavy atom. The first-order chi connectivity index (χ1) is 8.13. The van der Waals surface area contributed by atoms with Crippen molar-refractivity contribution < 1.29 is 9.53 Å². The molecule has 5 heteroatoms. The van der Waals surface area contributed by atoms with Gasteiger partial charge in [0.15, 0.2) is 0 Å². The van der Waals surface area contributed by atoms with Gasteiger partial charge >= 0.3 is 5.97 Å². The van der Waals surface area contributed by atoms with Gasteiger partial charge in [-0.15, -0.1) is 0 Å². The molecule has 0 bridgehead atoms. The second-order valence-electron chi connectivity index (χ2n) is 3.94. The van der Waals surface area contributed by atoms with Crippen LogP contribution in [-0.4, -0.2) is 22.4 Å². The molecule has 0 spiro atoms. The van der Waals surface area contributed by atoms with Crippen LogP contribution in [0.1, 0.15) is 38.3 Å². The molecule has 0 amide bonds. The maximum absolute atomic E-state index is 11.1. The lowest BCUT2D eigenvalue weighted by atomic mass is 10.2. The molecule has 0 unspecified atom stereocenters. The Morgan fingerprint density at radius 2 is 2.24 bits per heavy atom. The van der Waals surface area contributed by atoms with Crippen LogP contribution in [0.2, 0.25) is 5.02 Å². The molecule has 0 aliphatic rings. The van der Waals surface area contributed by atoms with E-state index in [4.69, 9.17) is 16.3 Å². The van der Waals surface area contributed by atoms with E-state index in [0.29, 0.717) is 18.1 Å². The molecule has 17 heavy (non-hydrogen) atoms. The van der Waals surface area contributed by atoms with Crippen LogP contribution in [0.15, 0.2) is 6.20 Å². The molecule has 0 aromatic carbocycles. The van der Waals surface area contributed by atoms with E-state index in [0.717, 1.165) is 31.5 Å². The number of ether oxygens (including phenoxy) is 1. The van der Waals surface area contributed by atoms with E-state index in [9.17, 15) is 4.79 Å². The molecule has 0 N–H and O–H groups in total. The van der Waals surface area contributed by atoms with Crippen LogP contribution >= 0.6 is 11.6 Å². The van der Waals surface area contributed by atoms with Gasteiger partial charge < -0.3 is 4.74 Å². The van der Waals surface area contributed by atoms with Gasteiger partial charge in [0, 0.05) is 19.2 Å². The third-order valence-corrected chi connectivity index (χ3v) is 2.83. The molecule has 0 radical (unpaired) electrons. The average Bonchev–Trinajstić information content (AvgIpc) is 2.58. The molecule has 1 heterocycles. The number of unbranched alkanes of at least 4 members (excludes halogenated alkanes) is 2. The smallest absolute Gasteiger partial charge is 0.305 e. The second kappa shape index (κ2) is 7.33. The molecule has 96 valence electrons. The normalized spacial score (nSPS) is 10.5. The van der Waals surface area contributed by atoms with Crippen molar-refractivity contribution in [2.45, 2.75) is 46.1 Å². The first-order valence-electron chi connectivity index (χ1n) is 5.98. The van der Waals surface area contributed by atoms with Crippen LogP contribution in [-0.2, 0) is 16.1 Å². The minimum atomic E-state index is -0.106. The Bertz CT molecular complexity index is 344. The summed E-state index contributed by atoms with van der Waals surface area (Å²) < 4.78 is 6.70. The van der Waals surface area contributed by atoms with E-state index in [-0.39, 0.29) is 5.97 Å². The highest BCUT2D eigenvalue weighted by atomic mass is 35.5. The van der Waals surface area contributed by atoms with Crippen molar-refractivity contribution in [3.05, 3.63) is 16.9 Å². The number of carbonyl (C=O) groups is 1. The quantitative estimate of drug-likeness (QED) is 0.558. The number of esters is 1. The fraction of sp³-hybridized carbons (Fsp3) is 0.667. The molecule has 0 atom stereocenters. The van der Waals surface area contributed by atoms with Gasteiger partial charge in [-0.1, -0.05) is 18.0 Å². The van der Waals surface area contributed by atoms with E-state index in [1.54, 1.807) is 0 Å². The molecular weight excluding hydrogens is 240 g/mol. The predicted molar refractivity (Wildman–Crippen MR) is 67.1 cm³/mol. The molecule has 0 aliphatic heterocycles. The van der Waals surface area contributed by atoms with Crippen LogP contribution in [0.3, 0.4) is 0 Å². The molecule has 4 nitrogen and oxygen atoms in total. The Labute approximate surface area is 107 Å². The van der Waals surface area contributed by atoms with Gasteiger partial charge in [0.2, 0.25) is 0 Å². The number of rotatable bonds is 7. The zero-order valence-corrected chi connectivity index (χ0v) is 11.2. The number of nitrogens with zero attached hydrogens (tertiary/aromatic N) is 2. The molecule has 1 aromatic heterocycles. The van der Waals surface area contributed by atoms with Gasteiger partial charge in [-0.25, -0.2) is 0 Å². The summed E-state index contributed by atoms with van der Waals surface area (Å²) in [6, 6.07) is 0. The molecule has 0 fully saturated rings. The topological polar surface area (TPSA) is 44.1 Å². The summed E-state index contributed by atoms with van der Waals surface area (Å²) in [5, 5.41) is 4.97.